The van der Waals surface area contributed by atoms with Gasteiger partial charge in [0.1, 0.15) is 6.04 Å². The molecule has 2 aromatic carbocycles. The third-order valence-electron chi connectivity index (χ3n) is 7.65. The number of pyridine rings is 1. The Morgan fingerprint density at radius 1 is 1.00 bits per heavy atom. The molecule has 3 heterocycles. The number of tetrazole rings is 1. The van der Waals surface area contributed by atoms with Crippen molar-refractivity contribution in [1.29, 1.82) is 0 Å². The van der Waals surface area contributed by atoms with Gasteiger partial charge in [0.2, 0.25) is 0 Å². The van der Waals surface area contributed by atoms with Gasteiger partial charge in [-0.15, -0.1) is 5.10 Å². The molecule has 5 rings (SSSR count). The van der Waals surface area contributed by atoms with Gasteiger partial charge in [-0.25, -0.2) is 4.68 Å². The number of H-pyrrole nitrogens is 1. The second kappa shape index (κ2) is 10.4. The van der Waals surface area contributed by atoms with Crippen molar-refractivity contribution >= 4 is 16.6 Å². The van der Waals surface area contributed by atoms with Crippen LogP contribution in [0.2, 0.25) is 0 Å². The maximum atomic E-state index is 13.6. The number of hydrogen-bond donors (Lipinski definition) is 1. The number of ether oxygens (including phenoxy) is 2. The Bertz CT molecular complexity index is 1460. The van der Waals surface area contributed by atoms with Crippen LogP contribution in [-0.4, -0.2) is 70.5 Å². The Kier molecular flexibility index (Phi) is 7.07. The van der Waals surface area contributed by atoms with E-state index in [1.165, 1.54) is 5.69 Å². The van der Waals surface area contributed by atoms with Crippen molar-refractivity contribution in [2.75, 3.05) is 45.3 Å². The van der Waals surface area contributed by atoms with Gasteiger partial charge in [-0.05, 0) is 55.0 Å². The van der Waals surface area contributed by atoms with Crippen molar-refractivity contribution in [3.63, 3.8) is 0 Å². The first-order chi connectivity index (χ1) is 18.4. The van der Waals surface area contributed by atoms with Gasteiger partial charge in [0.25, 0.3) is 5.56 Å². The quantitative estimate of drug-likeness (QED) is 0.378. The summed E-state index contributed by atoms with van der Waals surface area (Å²) in [6, 6.07) is 15.6. The van der Waals surface area contributed by atoms with Crippen LogP contribution in [0.25, 0.3) is 10.9 Å². The molecule has 0 spiro atoms. The molecule has 0 amide bonds. The summed E-state index contributed by atoms with van der Waals surface area (Å²) in [4.78, 5) is 21.4. The Morgan fingerprint density at radius 2 is 1.68 bits per heavy atom. The molecule has 1 unspecified atom stereocenters. The van der Waals surface area contributed by atoms with Crippen LogP contribution in [0.15, 0.2) is 53.3 Å². The van der Waals surface area contributed by atoms with Crippen molar-refractivity contribution < 1.29 is 9.47 Å². The topological polar surface area (TPSA) is 101 Å². The van der Waals surface area contributed by atoms with Gasteiger partial charge >= 0.3 is 0 Å². The number of benzene rings is 2. The monoisotopic (exact) mass is 517 g/mol. The summed E-state index contributed by atoms with van der Waals surface area (Å²) in [6.07, 6.45) is 0.838. The van der Waals surface area contributed by atoms with Crippen LogP contribution < -0.4 is 19.9 Å². The highest BCUT2D eigenvalue weighted by atomic mass is 16.5. The summed E-state index contributed by atoms with van der Waals surface area (Å²) in [5, 5.41) is 13.8. The summed E-state index contributed by atoms with van der Waals surface area (Å²) >= 11 is 0. The highest BCUT2D eigenvalue weighted by molar-refractivity contribution is 5.83. The van der Waals surface area contributed by atoms with Crippen molar-refractivity contribution in [2.45, 2.75) is 38.8 Å². The van der Waals surface area contributed by atoms with Crippen LogP contribution >= 0.6 is 0 Å². The molecule has 1 saturated heterocycles. The van der Waals surface area contributed by atoms with Gasteiger partial charge < -0.3 is 19.4 Å². The fourth-order valence-electron chi connectivity index (χ4n) is 5.07. The van der Waals surface area contributed by atoms with E-state index in [1.807, 2.05) is 22.9 Å². The number of para-hydroxylation sites is 1. The van der Waals surface area contributed by atoms with Crippen LogP contribution in [0.4, 0.5) is 5.69 Å². The molecule has 1 atom stereocenters. The molecular formula is C28H35N7O3. The van der Waals surface area contributed by atoms with Crippen molar-refractivity contribution in [2.24, 2.45) is 0 Å². The third-order valence-corrected chi connectivity index (χ3v) is 7.65. The predicted molar refractivity (Wildman–Crippen MR) is 147 cm³/mol. The average molecular weight is 518 g/mol. The van der Waals surface area contributed by atoms with Gasteiger partial charge in [0, 0.05) is 48.9 Å². The molecular weight excluding hydrogens is 482 g/mol. The first-order valence-electron chi connectivity index (χ1n) is 13.0. The van der Waals surface area contributed by atoms with E-state index in [2.05, 4.69) is 75.3 Å². The lowest BCUT2D eigenvalue weighted by Crippen LogP contribution is -2.49. The van der Waals surface area contributed by atoms with E-state index in [0.717, 1.165) is 38.0 Å². The number of rotatable bonds is 8. The van der Waals surface area contributed by atoms with E-state index in [-0.39, 0.29) is 11.1 Å². The standard InChI is InChI=1S/C28H35N7O3/c1-6-28(2,3)35-26(30-31-32-35)25(34-14-12-33(13-15-34)20-10-8-7-9-11-20)21-16-19-17-23(37-4)24(38-5)18-22(19)29-27(21)36/h7-11,16-18,25H,6,12-15H2,1-5H3,(H,29,36). The van der Waals surface area contributed by atoms with Crippen molar-refractivity contribution in [3.8, 4) is 11.5 Å². The number of methoxy groups -OCH3 is 2. The highest BCUT2D eigenvalue weighted by Gasteiger charge is 2.35. The van der Waals surface area contributed by atoms with E-state index >= 15 is 0 Å². The minimum absolute atomic E-state index is 0.177. The molecule has 0 bridgehead atoms. The van der Waals surface area contributed by atoms with E-state index in [0.29, 0.717) is 28.4 Å². The second-order valence-electron chi connectivity index (χ2n) is 10.2. The predicted octanol–water partition coefficient (Wildman–Crippen LogP) is 3.59. The Labute approximate surface area is 222 Å². The molecule has 1 aliphatic rings. The summed E-state index contributed by atoms with van der Waals surface area (Å²) in [7, 11) is 3.18. The normalized spacial score (nSPS) is 15.6. The van der Waals surface area contributed by atoms with Crippen LogP contribution in [0, 0.1) is 0 Å². The molecule has 2 aromatic heterocycles. The van der Waals surface area contributed by atoms with Gasteiger partial charge in [0.15, 0.2) is 17.3 Å². The molecule has 200 valence electrons. The molecule has 1 N–H and O–H groups in total. The zero-order valence-electron chi connectivity index (χ0n) is 22.6. The lowest BCUT2D eigenvalue weighted by Gasteiger charge is -2.40. The number of nitrogens with one attached hydrogen (secondary N) is 1. The zero-order valence-corrected chi connectivity index (χ0v) is 22.6. The lowest BCUT2D eigenvalue weighted by atomic mass is 9.98. The molecule has 4 aromatic rings. The summed E-state index contributed by atoms with van der Waals surface area (Å²) < 4.78 is 12.8. The molecule has 0 aliphatic carbocycles. The minimum Gasteiger partial charge on any atom is -0.493 e. The van der Waals surface area contributed by atoms with E-state index in [1.54, 1.807) is 20.3 Å². The van der Waals surface area contributed by atoms with Crippen LogP contribution in [-0.2, 0) is 5.54 Å². The van der Waals surface area contributed by atoms with Gasteiger partial charge in [-0.3, -0.25) is 9.69 Å². The van der Waals surface area contributed by atoms with Gasteiger partial charge in [-0.2, -0.15) is 0 Å². The van der Waals surface area contributed by atoms with Crippen LogP contribution in [0.3, 0.4) is 0 Å². The fraction of sp³-hybridized carbons (Fsp3) is 0.429. The maximum Gasteiger partial charge on any atom is 0.253 e. The molecule has 1 fully saturated rings. The molecule has 10 nitrogen and oxygen atoms in total. The SMILES string of the molecule is CCC(C)(C)n1nnnc1C(c1cc2cc(OC)c(OC)cc2[nH]c1=O)N1CCN(c2ccccc2)CC1. The van der Waals surface area contributed by atoms with Crippen molar-refractivity contribution in [1.82, 2.24) is 30.1 Å². The first-order valence-corrected chi connectivity index (χ1v) is 13.0. The number of hydrogen-bond acceptors (Lipinski definition) is 8. The second-order valence-corrected chi connectivity index (χ2v) is 10.2. The van der Waals surface area contributed by atoms with E-state index in [9.17, 15) is 4.79 Å². The Balaban J connectivity index is 1.60. The summed E-state index contributed by atoms with van der Waals surface area (Å²) in [5.41, 5.74) is 1.98. The maximum absolute atomic E-state index is 13.6. The molecule has 1 aliphatic heterocycles. The largest absolute Gasteiger partial charge is 0.493 e. The van der Waals surface area contributed by atoms with Crippen LogP contribution in [0.5, 0.6) is 11.5 Å². The number of piperazine rings is 1. The Morgan fingerprint density at radius 3 is 2.34 bits per heavy atom. The number of fused-ring (bicyclic) bond motifs is 1. The minimum atomic E-state index is -0.421. The zero-order chi connectivity index (χ0) is 26.9. The van der Waals surface area contributed by atoms with Gasteiger partial charge in [-0.1, -0.05) is 25.1 Å². The average Bonchev–Trinajstić information content (AvgIpc) is 3.44. The van der Waals surface area contributed by atoms with E-state index in [4.69, 9.17) is 9.47 Å². The lowest BCUT2D eigenvalue weighted by molar-refractivity contribution is 0.186. The Hall–Kier alpha value is -3.92. The number of nitrogens with zero attached hydrogens (tertiary/aromatic N) is 6. The van der Waals surface area contributed by atoms with Crippen molar-refractivity contribution in [3.05, 3.63) is 70.3 Å². The summed E-state index contributed by atoms with van der Waals surface area (Å²) in [5.74, 6) is 1.82. The number of anilines is 1. The number of aromatic nitrogens is 5. The fourth-order valence-corrected chi connectivity index (χ4v) is 5.07. The molecule has 0 saturated carbocycles. The third kappa shape index (κ3) is 4.71. The molecule has 38 heavy (non-hydrogen) atoms. The number of aromatic amines is 1. The van der Waals surface area contributed by atoms with E-state index < -0.39 is 6.04 Å². The first kappa shape index (κ1) is 25.7. The highest BCUT2D eigenvalue weighted by Crippen LogP contribution is 2.35. The van der Waals surface area contributed by atoms with Crippen LogP contribution in [0.1, 0.15) is 44.6 Å². The van der Waals surface area contributed by atoms with Gasteiger partial charge in [0.05, 0.1) is 25.3 Å². The summed E-state index contributed by atoms with van der Waals surface area (Å²) in [6.45, 7) is 9.50. The molecule has 0 radical (unpaired) electrons. The molecule has 10 heteroatoms. The smallest absolute Gasteiger partial charge is 0.253 e.